The van der Waals surface area contributed by atoms with Gasteiger partial charge >= 0.3 is 5.69 Å². The zero-order valence-corrected chi connectivity index (χ0v) is 14.7. The minimum Gasteiger partial charge on any atom is -0.454 e. The number of rotatable bonds is 6. The van der Waals surface area contributed by atoms with Crippen molar-refractivity contribution in [2.24, 2.45) is 0 Å². The minimum atomic E-state index is -0.666. The molecular formula is C18H17N5O5. The Morgan fingerprint density at radius 3 is 2.89 bits per heavy atom. The molecule has 1 amide bonds. The molecule has 0 fully saturated rings. The van der Waals surface area contributed by atoms with Crippen molar-refractivity contribution in [2.75, 3.05) is 13.3 Å². The lowest BCUT2D eigenvalue weighted by Crippen LogP contribution is -2.41. The van der Waals surface area contributed by atoms with Crippen LogP contribution in [0.5, 0.6) is 11.5 Å². The quantitative estimate of drug-likeness (QED) is 0.550. The Morgan fingerprint density at radius 2 is 2.07 bits per heavy atom. The van der Waals surface area contributed by atoms with Crippen molar-refractivity contribution in [1.29, 1.82) is 0 Å². The number of H-pyrrole nitrogens is 2. The Morgan fingerprint density at radius 1 is 1.21 bits per heavy atom. The van der Waals surface area contributed by atoms with Gasteiger partial charge in [-0.15, -0.1) is 0 Å². The molecule has 4 rings (SSSR count). The van der Waals surface area contributed by atoms with Gasteiger partial charge in [0.15, 0.2) is 11.5 Å². The molecule has 0 saturated carbocycles. The van der Waals surface area contributed by atoms with Crippen LogP contribution in [-0.2, 0) is 13.0 Å². The first-order valence-electron chi connectivity index (χ1n) is 8.58. The summed E-state index contributed by atoms with van der Waals surface area (Å²) in [7, 11) is 0. The van der Waals surface area contributed by atoms with Crippen LogP contribution in [0.1, 0.15) is 21.6 Å². The molecule has 0 spiro atoms. The second-order valence-electron chi connectivity index (χ2n) is 6.17. The molecule has 1 aromatic carbocycles. The van der Waals surface area contributed by atoms with E-state index in [0.717, 1.165) is 16.5 Å². The third kappa shape index (κ3) is 3.52. The highest BCUT2D eigenvalue weighted by atomic mass is 16.7. The smallest absolute Gasteiger partial charge is 0.328 e. The van der Waals surface area contributed by atoms with E-state index in [1.165, 1.54) is 0 Å². The number of nitrogens with one attached hydrogen (secondary N) is 3. The normalized spacial score (nSPS) is 12.1. The number of carbonyl (C=O) groups excluding carboxylic acids is 1. The zero-order valence-electron chi connectivity index (χ0n) is 14.7. The third-order valence-electron chi connectivity index (χ3n) is 4.32. The molecule has 0 atom stereocenters. The highest BCUT2D eigenvalue weighted by Crippen LogP contribution is 2.32. The molecule has 0 radical (unpaired) electrons. The average Bonchev–Trinajstić information content (AvgIpc) is 3.36. The molecule has 0 bridgehead atoms. The summed E-state index contributed by atoms with van der Waals surface area (Å²) in [6.45, 7) is 0.454. The minimum absolute atomic E-state index is 0.0000709. The van der Waals surface area contributed by atoms with Gasteiger partial charge in [-0.25, -0.2) is 9.78 Å². The number of aromatic amines is 2. The Balaban J connectivity index is 1.51. The second kappa shape index (κ2) is 7.43. The van der Waals surface area contributed by atoms with Crippen LogP contribution < -0.4 is 26.0 Å². The lowest BCUT2D eigenvalue weighted by atomic mass is 10.2. The molecule has 28 heavy (non-hydrogen) atoms. The van der Waals surface area contributed by atoms with Gasteiger partial charge in [-0.3, -0.25) is 14.2 Å². The number of ether oxygens (including phenoxy) is 2. The van der Waals surface area contributed by atoms with Crippen LogP contribution in [0.3, 0.4) is 0 Å². The summed E-state index contributed by atoms with van der Waals surface area (Å²) in [5.41, 5.74) is 0.137. The molecule has 3 aromatic rings. The number of nitrogens with zero attached hydrogens (tertiary/aromatic N) is 2. The van der Waals surface area contributed by atoms with E-state index in [0.29, 0.717) is 30.0 Å². The summed E-state index contributed by atoms with van der Waals surface area (Å²) < 4.78 is 11.5. The summed E-state index contributed by atoms with van der Waals surface area (Å²) >= 11 is 0. The SMILES string of the molecule is O=C(NCCc1cnc[nH]1)c1c[nH]c(=O)n(Cc2ccc3c(c2)OCO3)c1=O. The summed E-state index contributed by atoms with van der Waals surface area (Å²) in [4.78, 5) is 46.4. The molecule has 3 N–H and O–H groups in total. The molecule has 144 valence electrons. The molecule has 0 saturated heterocycles. The topological polar surface area (TPSA) is 131 Å². The Labute approximate surface area is 158 Å². The predicted octanol–water partition coefficient (Wildman–Crippen LogP) is 0.00920. The first-order chi connectivity index (χ1) is 13.6. The molecule has 3 heterocycles. The standard InChI is InChI=1S/C18H17N5O5/c24-16(20-4-3-12-6-19-9-22-12)13-7-21-18(26)23(17(13)25)8-11-1-2-14-15(5-11)28-10-27-14/h1-2,5-7,9H,3-4,8,10H2,(H,19,22)(H,20,24)(H,21,26). The largest absolute Gasteiger partial charge is 0.454 e. The Bertz CT molecular complexity index is 1120. The van der Waals surface area contributed by atoms with Gasteiger partial charge in [-0.2, -0.15) is 0 Å². The van der Waals surface area contributed by atoms with Crippen LogP contribution in [0.25, 0.3) is 0 Å². The Kier molecular flexibility index (Phi) is 4.67. The van der Waals surface area contributed by atoms with Crippen molar-refractivity contribution in [3.63, 3.8) is 0 Å². The van der Waals surface area contributed by atoms with Crippen molar-refractivity contribution in [1.82, 2.24) is 24.8 Å². The van der Waals surface area contributed by atoms with E-state index in [-0.39, 0.29) is 18.9 Å². The molecule has 10 nitrogen and oxygen atoms in total. The maximum Gasteiger partial charge on any atom is 0.328 e. The fourth-order valence-corrected chi connectivity index (χ4v) is 2.87. The van der Waals surface area contributed by atoms with Gasteiger partial charge in [0.2, 0.25) is 6.79 Å². The van der Waals surface area contributed by atoms with Crippen LogP contribution in [-0.4, -0.2) is 38.8 Å². The zero-order chi connectivity index (χ0) is 19.5. The van der Waals surface area contributed by atoms with Crippen LogP contribution in [0, 0.1) is 0 Å². The van der Waals surface area contributed by atoms with Crippen molar-refractivity contribution in [3.8, 4) is 11.5 Å². The molecule has 2 aromatic heterocycles. The molecule has 1 aliphatic heterocycles. The fourth-order valence-electron chi connectivity index (χ4n) is 2.87. The molecular weight excluding hydrogens is 366 g/mol. The third-order valence-corrected chi connectivity index (χ3v) is 4.32. The van der Waals surface area contributed by atoms with Gasteiger partial charge in [-0.1, -0.05) is 6.07 Å². The lowest BCUT2D eigenvalue weighted by molar-refractivity contribution is 0.0951. The Hall–Kier alpha value is -3.82. The summed E-state index contributed by atoms with van der Waals surface area (Å²) in [6, 6.07) is 5.14. The number of imidazole rings is 1. The van der Waals surface area contributed by atoms with E-state index >= 15 is 0 Å². The summed E-state index contributed by atoms with van der Waals surface area (Å²) in [5.74, 6) is 0.602. The molecule has 10 heteroatoms. The number of aromatic nitrogens is 4. The summed E-state index contributed by atoms with van der Waals surface area (Å²) in [5, 5.41) is 2.66. The van der Waals surface area contributed by atoms with Crippen molar-refractivity contribution in [3.05, 3.63) is 74.6 Å². The van der Waals surface area contributed by atoms with Gasteiger partial charge in [0.25, 0.3) is 11.5 Å². The molecule has 0 unspecified atom stereocenters. The van der Waals surface area contributed by atoms with E-state index in [1.54, 1.807) is 30.7 Å². The summed E-state index contributed by atoms with van der Waals surface area (Å²) in [6.07, 6.45) is 4.88. The monoisotopic (exact) mass is 383 g/mol. The van der Waals surface area contributed by atoms with Crippen LogP contribution in [0.2, 0.25) is 0 Å². The van der Waals surface area contributed by atoms with E-state index in [2.05, 4.69) is 20.3 Å². The average molecular weight is 383 g/mol. The van der Waals surface area contributed by atoms with E-state index < -0.39 is 17.2 Å². The first-order valence-corrected chi connectivity index (χ1v) is 8.58. The van der Waals surface area contributed by atoms with Crippen LogP contribution in [0.4, 0.5) is 0 Å². The van der Waals surface area contributed by atoms with E-state index in [1.807, 2.05) is 0 Å². The van der Waals surface area contributed by atoms with E-state index in [4.69, 9.17) is 9.47 Å². The maximum absolute atomic E-state index is 12.7. The number of benzene rings is 1. The van der Waals surface area contributed by atoms with Gasteiger partial charge in [0.1, 0.15) is 5.56 Å². The van der Waals surface area contributed by atoms with Crippen molar-refractivity contribution >= 4 is 5.91 Å². The second-order valence-corrected chi connectivity index (χ2v) is 6.17. The fraction of sp³-hybridized carbons (Fsp3) is 0.222. The molecule has 0 aliphatic carbocycles. The molecule has 1 aliphatic rings. The number of hydrogen-bond donors (Lipinski definition) is 3. The number of fused-ring (bicyclic) bond motifs is 1. The van der Waals surface area contributed by atoms with Crippen LogP contribution in [0.15, 0.2) is 46.5 Å². The van der Waals surface area contributed by atoms with Crippen molar-refractivity contribution in [2.45, 2.75) is 13.0 Å². The highest BCUT2D eigenvalue weighted by molar-refractivity contribution is 5.93. The number of amides is 1. The number of carbonyl (C=O) groups is 1. The van der Waals surface area contributed by atoms with E-state index in [9.17, 15) is 14.4 Å². The van der Waals surface area contributed by atoms with Crippen LogP contribution >= 0.6 is 0 Å². The van der Waals surface area contributed by atoms with Gasteiger partial charge in [0, 0.05) is 31.1 Å². The van der Waals surface area contributed by atoms with Gasteiger partial charge in [-0.05, 0) is 17.7 Å². The highest BCUT2D eigenvalue weighted by Gasteiger charge is 2.17. The van der Waals surface area contributed by atoms with Gasteiger partial charge < -0.3 is 24.8 Å². The van der Waals surface area contributed by atoms with Crippen molar-refractivity contribution < 1.29 is 14.3 Å². The van der Waals surface area contributed by atoms with Gasteiger partial charge in [0.05, 0.1) is 12.9 Å². The predicted molar refractivity (Wildman–Crippen MR) is 97.6 cm³/mol. The lowest BCUT2D eigenvalue weighted by Gasteiger charge is -2.08. The maximum atomic E-state index is 12.7. The number of hydrogen-bond acceptors (Lipinski definition) is 6. The first kappa shape index (κ1) is 17.6.